The average Bonchev–Trinajstić information content (AvgIpc) is 2.02. The van der Waals surface area contributed by atoms with Gasteiger partial charge in [-0.05, 0) is 37.6 Å². The van der Waals surface area contributed by atoms with Gasteiger partial charge in [-0.1, -0.05) is 23.2 Å². The van der Waals surface area contributed by atoms with Crippen molar-refractivity contribution in [3.05, 3.63) is 33.8 Å². The van der Waals surface area contributed by atoms with Gasteiger partial charge < -0.3 is 0 Å². The first-order chi connectivity index (χ1) is 5.95. The lowest BCUT2D eigenvalue weighted by Gasteiger charge is -2.22. The minimum atomic E-state index is -0.575. The summed E-state index contributed by atoms with van der Waals surface area (Å²) >= 11 is 11.7. The van der Waals surface area contributed by atoms with Crippen LogP contribution in [-0.4, -0.2) is 0 Å². The maximum Gasteiger partial charge on any atom is 0.109 e. The zero-order valence-electron chi connectivity index (χ0n) is 7.47. The van der Waals surface area contributed by atoms with Crippen LogP contribution in [0, 0.1) is 0 Å². The van der Waals surface area contributed by atoms with Crippen LogP contribution in [-0.2, 0) is 10.4 Å². The summed E-state index contributed by atoms with van der Waals surface area (Å²) in [5.41, 5.74) is 0.279. The topological polar surface area (TPSA) is 35.2 Å². The van der Waals surface area contributed by atoms with E-state index in [1.54, 1.807) is 18.2 Å². The van der Waals surface area contributed by atoms with Crippen molar-refractivity contribution in [1.82, 2.24) is 0 Å². The average molecular weight is 220 g/mol. The first-order valence-corrected chi connectivity index (χ1v) is 4.56. The van der Waals surface area contributed by atoms with Gasteiger partial charge in [-0.25, -0.2) is 5.90 Å². The standard InChI is InChI=1S/C9H11Cl2NO/c1-9(2,13-12)6-3-7(10)5-8(11)4-6/h3-5H,12H2,1-2H3. The molecule has 2 nitrogen and oxygen atoms in total. The van der Waals surface area contributed by atoms with E-state index in [0.717, 1.165) is 5.56 Å². The Bertz CT molecular complexity index is 292. The normalized spacial score (nSPS) is 11.8. The minimum Gasteiger partial charge on any atom is -0.294 e. The summed E-state index contributed by atoms with van der Waals surface area (Å²) in [6.07, 6.45) is 0. The van der Waals surface area contributed by atoms with Crippen molar-refractivity contribution in [2.45, 2.75) is 19.4 Å². The Hall–Kier alpha value is -0.280. The SMILES string of the molecule is CC(C)(ON)c1cc(Cl)cc(Cl)c1. The molecule has 0 amide bonds. The van der Waals surface area contributed by atoms with Crippen LogP contribution in [0.4, 0.5) is 0 Å². The molecule has 0 aliphatic rings. The molecule has 1 rings (SSSR count). The fourth-order valence-electron chi connectivity index (χ4n) is 0.969. The maximum absolute atomic E-state index is 5.83. The molecule has 1 aromatic carbocycles. The van der Waals surface area contributed by atoms with Crippen LogP contribution >= 0.6 is 23.2 Å². The van der Waals surface area contributed by atoms with Gasteiger partial charge in [0.25, 0.3) is 0 Å². The summed E-state index contributed by atoms with van der Waals surface area (Å²) in [6, 6.07) is 5.22. The van der Waals surface area contributed by atoms with Crippen molar-refractivity contribution in [1.29, 1.82) is 0 Å². The van der Waals surface area contributed by atoms with E-state index in [1.165, 1.54) is 0 Å². The third-order valence-electron chi connectivity index (χ3n) is 1.85. The molecule has 4 heteroatoms. The number of hydrogen-bond donors (Lipinski definition) is 1. The predicted octanol–water partition coefficient (Wildman–Crippen LogP) is 3.12. The van der Waals surface area contributed by atoms with Gasteiger partial charge in [0, 0.05) is 10.0 Å². The van der Waals surface area contributed by atoms with E-state index >= 15 is 0 Å². The molecule has 0 radical (unpaired) electrons. The Balaban J connectivity index is 3.15. The summed E-state index contributed by atoms with van der Waals surface area (Å²) in [5, 5.41) is 1.15. The molecule has 0 heterocycles. The fraction of sp³-hybridized carbons (Fsp3) is 0.333. The zero-order chi connectivity index (χ0) is 10.1. The molecule has 0 saturated heterocycles. The van der Waals surface area contributed by atoms with Crippen LogP contribution in [0.25, 0.3) is 0 Å². The molecule has 0 bridgehead atoms. The third kappa shape index (κ3) is 2.58. The van der Waals surface area contributed by atoms with Gasteiger partial charge in [0.15, 0.2) is 0 Å². The van der Waals surface area contributed by atoms with E-state index in [9.17, 15) is 0 Å². The van der Waals surface area contributed by atoms with E-state index in [2.05, 4.69) is 0 Å². The lowest BCUT2D eigenvalue weighted by Crippen LogP contribution is -2.25. The molecule has 0 fully saturated rings. The van der Waals surface area contributed by atoms with Crippen LogP contribution in [0.15, 0.2) is 18.2 Å². The number of hydrogen-bond acceptors (Lipinski definition) is 2. The largest absolute Gasteiger partial charge is 0.294 e. The van der Waals surface area contributed by atoms with Crippen molar-refractivity contribution in [2.75, 3.05) is 0 Å². The van der Waals surface area contributed by atoms with Crippen molar-refractivity contribution in [3.63, 3.8) is 0 Å². The van der Waals surface area contributed by atoms with E-state index in [-0.39, 0.29) is 0 Å². The molecule has 0 saturated carbocycles. The van der Waals surface area contributed by atoms with Crippen molar-refractivity contribution in [2.24, 2.45) is 5.90 Å². The molecule has 0 atom stereocenters. The molecule has 72 valence electrons. The summed E-state index contributed by atoms with van der Waals surface area (Å²) in [5.74, 6) is 5.15. The van der Waals surface area contributed by atoms with Crippen molar-refractivity contribution >= 4 is 23.2 Å². The Morgan fingerprint density at radius 3 is 2.00 bits per heavy atom. The minimum absolute atomic E-state index is 0.575. The van der Waals surface area contributed by atoms with Crippen LogP contribution in [0.3, 0.4) is 0 Å². The number of benzene rings is 1. The van der Waals surface area contributed by atoms with Crippen LogP contribution in [0.1, 0.15) is 19.4 Å². The Labute approximate surface area is 87.5 Å². The Morgan fingerprint density at radius 2 is 1.62 bits per heavy atom. The fourth-order valence-corrected chi connectivity index (χ4v) is 1.50. The third-order valence-corrected chi connectivity index (χ3v) is 2.29. The molecular formula is C9H11Cl2NO. The highest BCUT2D eigenvalue weighted by Crippen LogP contribution is 2.28. The molecule has 0 unspecified atom stereocenters. The zero-order valence-corrected chi connectivity index (χ0v) is 8.99. The van der Waals surface area contributed by atoms with Gasteiger partial charge in [-0.2, -0.15) is 0 Å². The maximum atomic E-state index is 5.83. The van der Waals surface area contributed by atoms with Gasteiger partial charge in [0.05, 0.1) is 0 Å². The second-order valence-electron chi connectivity index (χ2n) is 3.29. The van der Waals surface area contributed by atoms with E-state index in [1.807, 2.05) is 13.8 Å². The first kappa shape index (κ1) is 10.8. The highest BCUT2D eigenvalue weighted by atomic mass is 35.5. The van der Waals surface area contributed by atoms with Crippen LogP contribution in [0.5, 0.6) is 0 Å². The monoisotopic (exact) mass is 219 g/mol. The molecule has 0 aliphatic heterocycles. The quantitative estimate of drug-likeness (QED) is 0.777. The lowest BCUT2D eigenvalue weighted by atomic mass is 9.99. The first-order valence-electron chi connectivity index (χ1n) is 3.80. The molecular weight excluding hydrogens is 209 g/mol. The molecule has 13 heavy (non-hydrogen) atoms. The number of nitrogens with two attached hydrogens (primary N) is 1. The second kappa shape index (κ2) is 3.84. The Kier molecular flexibility index (Phi) is 3.19. The Morgan fingerprint density at radius 1 is 1.15 bits per heavy atom. The summed E-state index contributed by atoms with van der Waals surface area (Å²) in [6.45, 7) is 3.68. The van der Waals surface area contributed by atoms with Crippen LogP contribution < -0.4 is 5.90 Å². The number of halogens is 2. The summed E-state index contributed by atoms with van der Waals surface area (Å²) in [7, 11) is 0. The van der Waals surface area contributed by atoms with Crippen LogP contribution in [0.2, 0.25) is 10.0 Å². The van der Waals surface area contributed by atoms with E-state index in [0.29, 0.717) is 10.0 Å². The smallest absolute Gasteiger partial charge is 0.109 e. The highest BCUT2D eigenvalue weighted by Gasteiger charge is 2.21. The van der Waals surface area contributed by atoms with Crippen molar-refractivity contribution < 1.29 is 4.84 Å². The molecule has 0 spiro atoms. The predicted molar refractivity (Wildman–Crippen MR) is 54.8 cm³/mol. The van der Waals surface area contributed by atoms with E-state index in [4.69, 9.17) is 33.9 Å². The number of rotatable bonds is 2. The molecule has 2 N–H and O–H groups in total. The highest BCUT2D eigenvalue weighted by molar-refractivity contribution is 6.34. The molecule has 0 aliphatic carbocycles. The van der Waals surface area contributed by atoms with Gasteiger partial charge >= 0.3 is 0 Å². The van der Waals surface area contributed by atoms with Gasteiger partial charge in [-0.3, -0.25) is 4.84 Å². The molecule has 0 aromatic heterocycles. The molecule has 1 aromatic rings. The van der Waals surface area contributed by atoms with Gasteiger partial charge in [-0.15, -0.1) is 0 Å². The second-order valence-corrected chi connectivity index (χ2v) is 4.16. The van der Waals surface area contributed by atoms with E-state index < -0.39 is 5.60 Å². The summed E-state index contributed by atoms with van der Waals surface area (Å²) in [4.78, 5) is 4.82. The van der Waals surface area contributed by atoms with Gasteiger partial charge in [0.1, 0.15) is 5.60 Å². The lowest BCUT2D eigenvalue weighted by molar-refractivity contribution is -0.0236. The van der Waals surface area contributed by atoms with Crippen molar-refractivity contribution in [3.8, 4) is 0 Å². The van der Waals surface area contributed by atoms with Gasteiger partial charge in [0.2, 0.25) is 0 Å². The summed E-state index contributed by atoms with van der Waals surface area (Å²) < 4.78 is 0.